The van der Waals surface area contributed by atoms with Gasteiger partial charge in [-0.05, 0) is 28.4 Å². The molecule has 0 amide bonds. The molecule has 0 aromatic heterocycles. The van der Waals surface area contributed by atoms with Gasteiger partial charge in [0.1, 0.15) is 0 Å². The minimum absolute atomic E-state index is 0.692. The molecule has 0 N–H and O–H groups in total. The fourth-order valence-corrected chi connectivity index (χ4v) is 3.86. The van der Waals surface area contributed by atoms with Crippen molar-refractivity contribution in [3.05, 3.63) is 90.5 Å². The number of hydrogen-bond donors (Lipinski definition) is 0. The molecule has 2 heteroatoms. The molecule has 1 unspecified atom stereocenters. The molecule has 3 aromatic carbocycles. The zero-order chi connectivity index (χ0) is 15.2. The highest BCUT2D eigenvalue weighted by Crippen LogP contribution is 2.19. The second-order valence-electron chi connectivity index (χ2n) is 5.43. The molecule has 0 radical (unpaired) electrons. The molecule has 110 valence electrons. The fraction of sp³-hybridized carbons (Fsp3) is 0.100. The largest absolute Gasteiger partial charge is 0.411 e. The summed E-state index contributed by atoms with van der Waals surface area (Å²) >= 11 is 0. The SMILES string of the molecule is C[SiH](OCc1ccc(-c2ccccc2)cc1)c1ccccc1. The highest BCUT2D eigenvalue weighted by molar-refractivity contribution is 6.66. The molecule has 0 fully saturated rings. The predicted molar refractivity (Wildman–Crippen MR) is 95.8 cm³/mol. The van der Waals surface area contributed by atoms with E-state index in [0.717, 1.165) is 0 Å². The Kier molecular flexibility index (Phi) is 4.84. The zero-order valence-corrected chi connectivity index (χ0v) is 13.9. The molecule has 0 aliphatic heterocycles. The molecule has 0 bridgehead atoms. The van der Waals surface area contributed by atoms with E-state index in [2.05, 4.69) is 79.3 Å². The van der Waals surface area contributed by atoms with Crippen molar-refractivity contribution in [2.24, 2.45) is 0 Å². The summed E-state index contributed by atoms with van der Waals surface area (Å²) in [6, 6.07) is 29.6. The first kappa shape index (κ1) is 14.8. The maximum atomic E-state index is 6.10. The first-order valence-corrected chi connectivity index (χ1v) is 9.84. The fourth-order valence-electron chi connectivity index (χ4n) is 2.47. The molecule has 0 heterocycles. The average Bonchev–Trinajstić information content (AvgIpc) is 2.61. The summed E-state index contributed by atoms with van der Waals surface area (Å²) in [5.74, 6) is 0. The summed E-state index contributed by atoms with van der Waals surface area (Å²) in [5, 5.41) is 1.35. The third kappa shape index (κ3) is 3.73. The van der Waals surface area contributed by atoms with Crippen molar-refractivity contribution in [1.29, 1.82) is 0 Å². The van der Waals surface area contributed by atoms with E-state index in [1.54, 1.807) is 0 Å². The van der Waals surface area contributed by atoms with Gasteiger partial charge in [0.25, 0.3) is 0 Å². The van der Waals surface area contributed by atoms with Crippen molar-refractivity contribution in [3.63, 3.8) is 0 Å². The van der Waals surface area contributed by atoms with Crippen LogP contribution in [0.15, 0.2) is 84.9 Å². The second kappa shape index (κ2) is 7.21. The Labute approximate surface area is 133 Å². The second-order valence-corrected chi connectivity index (χ2v) is 7.71. The van der Waals surface area contributed by atoms with E-state index in [-0.39, 0.29) is 0 Å². The van der Waals surface area contributed by atoms with Gasteiger partial charge < -0.3 is 4.43 Å². The zero-order valence-electron chi connectivity index (χ0n) is 12.8. The van der Waals surface area contributed by atoms with E-state index in [1.165, 1.54) is 21.9 Å². The van der Waals surface area contributed by atoms with Crippen LogP contribution in [0.25, 0.3) is 11.1 Å². The summed E-state index contributed by atoms with van der Waals surface area (Å²) in [4.78, 5) is 0. The van der Waals surface area contributed by atoms with Gasteiger partial charge in [-0.1, -0.05) is 84.9 Å². The lowest BCUT2D eigenvalue weighted by Crippen LogP contribution is -2.29. The summed E-state index contributed by atoms with van der Waals surface area (Å²) < 4.78 is 6.10. The van der Waals surface area contributed by atoms with Crippen LogP contribution in [0.2, 0.25) is 6.55 Å². The topological polar surface area (TPSA) is 9.23 Å². The molecule has 0 saturated heterocycles. The van der Waals surface area contributed by atoms with Gasteiger partial charge in [0.05, 0.1) is 6.61 Å². The molecule has 0 aliphatic carbocycles. The normalized spacial score (nSPS) is 12.0. The third-order valence-electron chi connectivity index (χ3n) is 3.83. The predicted octanol–water partition coefficient (Wildman–Crippen LogP) is 4.13. The molecule has 0 spiro atoms. The average molecular weight is 304 g/mol. The van der Waals surface area contributed by atoms with E-state index in [9.17, 15) is 0 Å². The van der Waals surface area contributed by atoms with Gasteiger partial charge in [-0.25, -0.2) is 0 Å². The van der Waals surface area contributed by atoms with Gasteiger partial charge in [0.15, 0.2) is 0 Å². The van der Waals surface area contributed by atoms with Crippen molar-refractivity contribution < 1.29 is 4.43 Å². The van der Waals surface area contributed by atoms with Crippen LogP contribution in [0.5, 0.6) is 0 Å². The summed E-state index contributed by atoms with van der Waals surface area (Å²) in [6.45, 7) is 2.92. The van der Waals surface area contributed by atoms with Crippen molar-refractivity contribution in [3.8, 4) is 11.1 Å². The van der Waals surface area contributed by atoms with Crippen molar-refractivity contribution in [2.75, 3.05) is 0 Å². The Bertz CT molecular complexity index is 693. The first-order chi connectivity index (χ1) is 10.8. The van der Waals surface area contributed by atoms with Crippen molar-refractivity contribution in [2.45, 2.75) is 13.2 Å². The van der Waals surface area contributed by atoms with E-state index < -0.39 is 9.04 Å². The van der Waals surface area contributed by atoms with E-state index >= 15 is 0 Å². The molecule has 1 nitrogen and oxygen atoms in total. The minimum atomic E-state index is -1.30. The Morgan fingerprint density at radius 1 is 0.682 bits per heavy atom. The van der Waals surface area contributed by atoms with Crippen LogP contribution < -0.4 is 5.19 Å². The van der Waals surface area contributed by atoms with Crippen LogP contribution in [0.1, 0.15) is 5.56 Å². The van der Waals surface area contributed by atoms with Crippen LogP contribution in [-0.4, -0.2) is 9.04 Å². The van der Waals surface area contributed by atoms with Gasteiger partial charge in [-0.2, -0.15) is 0 Å². The monoisotopic (exact) mass is 304 g/mol. The number of hydrogen-bond acceptors (Lipinski definition) is 1. The maximum Gasteiger partial charge on any atom is 0.205 e. The smallest absolute Gasteiger partial charge is 0.205 e. The van der Waals surface area contributed by atoms with Crippen LogP contribution in [0.4, 0.5) is 0 Å². The third-order valence-corrected chi connectivity index (χ3v) is 5.82. The standard InChI is InChI=1S/C20H20OSi/c1-22(20-10-6-3-7-11-20)21-16-17-12-14-19(15-13-17)18-8-4-2-5-9-18/h2-15,22H,16H2,1H3. The molecular weight excluding hydrogens is 284 g/mol. The summed E-state index contributed by atoms with van der Waals surface area (Å²) in [6.07, 6.45) is 0. The van der Waals surface area contributed by atoms with Crippen molar-refractivity contribution in [1.82, 2.24) is 0 Å². The lowest BCUT2D eigenvalue weighted by molar-refractivity contribution is 0.318. The van der Waals surface area contributed by atoms with E-state index in [4.69, 9.17) is 4.43 Å². The first-order valence-electron chi connectivity index (χ1n) is 7.64. The lowest BCUT2D eigenvalue weighted by atomic mass is 10.0. The molecule has 0 saturated carbocycles. The minimum Gasteiger partial charge on any atom is -0.411 e. The van der Waals surface area contributed by atoms with Crippen LogP contribution in [-0.2, 0) is 11.0 Å². The van der Waals surface area contributed by atoms with Crippen LogP contribution in [0.3, 0.4) is 0 Å². The van der Waals surface area contributed by atoms with Gasteiger partial charge in [0, 0.05) is 0 Å². The van der Waals surface area contributed by atoms with Crippen molar-refractivity contribution >= 4 is 14.2 Å². The Balaban J connectivity index is 1.62. The Hall–Kier alpha value is -2.16. The number of benzene rings is 3. The highest BCUT2D eigenvalue weighted by atomic mass is 28.3. The molecule has 1 atom stereocenters. The highest BCUT2D eigenvalue weighted by Gasteiger charge is 2.07. The van der Waals surface area contributed by atoms with Gasteiger partial charge >= 0.3 is 0 Å². The quantitative estimate of drug-likeness (QED) is 0.644. The molecule has 22 heavy (non-hydrogen) atoms. The van der Waals surface area contributed by atoms with E-state index in [1.807, 2.05) is 12.1 Å². The maximum absolute atomic E-state index is 6.10. The Morgan fingerprint density at radius 3 is 1.86 bits per heavy atom. The van der Waals surface area contributed by atoms with Gasteiger partial charge in [-0.15, -0.1) is 0 Å². The Morgan fingerprint density at radius 2 is 1.23 bits per heavy atom. The van der Waals surface area contributed by atoms with Crippen LogP contribution >= 0.6 is 0 Å². The summed E-state index contributed by atoms with van der Waals surface area (Å²) in [7, 11) is -1.30. The molecular formula is C20H20OSi. The van der Waals surface area contributed by atoms with Gasteiger partial charge in [-0.3, -0.25) is 0 Å². The molecule has 0 aliphatic rings. The molecule has 3 aromatic rings. The summed E-state index contributed by atoms with van der Waals surface area (Å²) in [5.41, 5.74) is 3.73. The van der Waals surface area contributed by atoms with Gasteiger partial charge in [0.2, 0.25) is 9.04 Å². The number of rotatable bonds is 5. The van der Waals surface area contributed by atoms with E-state index in [0.29, 0.717) is 6.61 Å². The lowest BCUT2D eigenvalue weighted by Gasteiger charge is -2.12. The molecule has 3 rings (SSSR count). The van der Waals surface area contributed by atoms with Crippen LogP contribution in [0, 0.1) is 0 Å².